The predicted octanol–water partition coefficient (Wildman–Crippen LogP) is 18.2. The number of allylic oxidation sites excluding steroid dienone is 7. The highest BCUT2D eigenvalue weighted by Gasteiger charge is 2.18. The van der Waals surface area contributed by atoms with Gasteiger partial charge in [-0.3, -0.25) is 9.59 Å². The van der Waals surface area contributed by atoms with Crippen LogP contribution in [-0.2, 0) is 14.3 Å². The topological polar surface area (TPSA) is 95.9 Å². The smallest absolute Gasteiger partial charge is 0.305 e. The van der Waals surface area contributed by atoms with Crippen molar-refractivity contribution < 1.29 is 24.5 Å². The van der Waals surface area contributed by atoms with Gasteiger partial charge in [0.2, 0.25) is 5.91 Å². The van der Waals surface area contributed by atoms with Crippen LogP contribution >= 0.6 is 0 Å². The number of nitrogens with one attached hydrogen (secondary N) is 1. The zero-order valence-corrected chi connectivity index (χ0v) is 44.6. The minimum Gasteiger partial charge on any atom is -0.466 e. The molecule has 0 aromatic rings. The number of unbranched alkanes of at least 4 members (excludes halogenated alkanes) is 37. The van der Waals surface area contributed by atoms with Crippen molar-refractivity contribution in [3.05, 3.63) is 48.6 Å². The number of aliphatic hydroxyl groups is 2. The zero-order chi connectivity index (χ0) is 48.6. The van der Waals surface area contributed by atoms with Gasteiger partial charge >= 0.3 is 5.97 Å². The summed E-state index contributed by atoms with van der Waals surface area (Å²) in [4.78, 5) is 24.4. The lowest BCUT2D eigenvalue weighted by Crippen LogP contribution is -2.45. The van der Waals surface area contributed by atoms with Crippen LogP contribution in [0.1, 0.15) is 303 Å². The largest absolute Gasteiger partial charge is 0.466 e. The lowest BCUT2D eigenvalue weighted by Gasteiger charge is -2.20. The van der Waals surface area contributed by atoms with Crippen molar-refractivity contribution in [2.45, 2.75) is 315 Å². The molecule has 0 aromatic carbocycles. The molecule has 0 aliphatic heterocycles. The lowest BCUT2D eigenvalue weighted by molar-refractivity contribution is -0.143. The van der Waals surface area contributed by atoms with Gasteiger partial charge < -0.3 is 20.3 Å². The molecule has 0 aliphatic carbocycles. The lowest BCUT2D eigenvalue weighted by atomic mass is 10.0. The van der Waals surface area contributed by atoms with Crippen molar-refractivity contribution in [3.63, 3.8) is 0 Å². The first kappa shape index (κ1) is 64.8. The second-order valence-electron chi connectivity index (χ2n) is 20.0. The molecule has 2 atom stereocenters. The fraction of sp³-hybridized carbons (Fsp3) is 0.836. The van der Waals surface area contributed by atoms with Crippen molar-refractivity contribution in [1.29, 1.82) is 0 Å². The molecule has 0 saturated heterocycles. The van der Waals surface area contributed by atoms with E-state index in [1.165, 1.54) is 225 Å². The fourth-order valence-corrected chi connectivity index (χ4v) is 8.78. The van der Waals surface area contributed by atoms with Crippen LogP contribution in [0, 0.1) is 0 Å². The summed E-state index contributed by atoms with van der Waals surface area (Å²) in [5.74, 6) is -0.0770. The van der Waals surface area contributed by atoms with Crippen LogP contribution in [0.15, 0.2) is 48.6 Å². The highest BCUT2D eigenvalue weighted by Crippen LogP contribution is 2.15. The molecular weight excluding hydrogens is 827 g/mol. The Morgan fingerprint density at radius 3 is 1.15 bits per heavy atom. The Morgan fingerprint density at radius 2 is 0.746 bits per heavy atom. The van der Waals surface area contributed by atoms with Gasteiger partial charge in [0.25, 0.3) is 0 Å². The number of aliphatic hydroxyl groups excluding tert-OH is 2. The molecule has 0 fully saturated rings. The third-order valence-electron chi connectivity index (χ3n) is 13.3. The molecular formula is C61H113NO5. The van der Waals surface area contributed by atoms with E-state index in [1.54, 1.807) is 6.08 Å². The summed E-state index contributed by atoms with van der Waals surface area (Å²) in [5.41, 5.74) is 0. The minimum absolute atomic E-state index is 0.000514. The Labute approximate surface area is 416 Å². The molecule has 0 saturated carbocycles. The SMILES string of the molecule is CCCCCCCCC/C=C\CCCCCCCC(=O)OCCCCCCCCCCC/C=C\C/C=C\CCCCCCCCCCCC(=O)NC(CO)C(O)/C=C/CCCCCCCCC. The van der Waals surface area contributed by atoms with Crippen LogP contribution in [-0.4, -0.2) is 47.4 Å². The van der Waals surface area contributed by atoms with Gasteiger partial charge in [-0.2, -0.15) is 0 Å². The number of hydrogen-bond donors (Lipinski definition) is 3. The van der Waals surface area contributed by atoms with Crippen molar-refractivity contribution in [1.82, 2.24) is 5.32 Å². The van der Waals surface area contributed by atoms with Gasteiger partial charge in [0, 0.05) is 12.8 Å². The molecule has 392 valence electrons. The van der Waals surface area contributed by atoms with Gasteiger partial charge in [0.05, 0.1) is 25.4 Å². The van der Waals surface area contributed by atoms with Crippen molar-refractivity contribution in [2.24, 2.45) is 0 Å². The summed E-state index contributed by atoms with van der Waals surface area (Å²) >= 11 is 0. The van der Waals surface area contributed by atoms with E-state index in [4.69, 9.17) is 4.74 Å². The number of carbonyl (C=O) groups excluding carboxylic acids is 2. The molecule has 0 heterocycles. The van der Waals surface area contributed by atoms with E-state index in [9.17, 15) is 19.8 Å². The van der Waals surface area contributed by atoms with E-state index in [0.717, 1.165) is 51.4 Å². The van der Waals surface area contributed by atoms with Gasteiger partial charge in [-0.15, -0.1) is 0 Å². The average Bonchev–Trinajstić information content (AvgIpc) is 3.33. The van der Waals surface area contributed by atoms with Crippen LogP contribution in [0.5, 0.6) is 0 Å². The Bertz CT molecular complexity index is 1130. The normalized spacial score (nSPS) is 13.0. The highest BCUT2D eigenvalue weighted by molar-refractivity contribution is 5.76. The van der Waals surface area contributed by atoms with E-state index < -0.39 is 12.1 Å². The van der Waals surface area contributed by atoms with Crippen LogP contribution in [0.4, 0.5) is 0 Å². The number of hydrogen-bond acceptors (Lipinski definition) is 5. The van der Waals surface area contributed by atoms with Gasteiger partial charge in [-0.05, 0) is 89.9 Å². The maximum atomic E-state index is 12.4. The summed E-state index contributed by atoms with van der Waals surface area (Å²) in [6.45, 7) is 4.86. The van der Waals surface area contributed by atoms with Crippen LogP contribution < -0.4 is 5.32 Å². The van der Waals surface area contributed by atoms with E-state index in [-0.39, 0.29) is 18.5 Å². The van der Waals surface area contributed by atoms with Crippen LogP contribution in [0.2, 0.25) is 0 Å². The third kappa shape index (κ3) is 53.0. The molecule has 1 amide bonds. The summed E-state index contributed by atoms with van der Waals surface area (Å²) in [6, 6.07) is -0.631. The average molecular weight is 941 g/mol. The zero-order valence-electron chi connectivity index (χ0n) is 44.6. The molecule has 0 radical (unpaired) electrons. The number of amides is 1. The number of ether oxygens (including phenoxy) is 1. The van der Waals surface area contributed by atoms with Crippen molar-refractivity contribution in [2.75, 3.05) is 13.2 Å². The van der Waals surface area contributed by atoms with E-state index >= 15 is 0 Å². The Hall–Kier alpha value is -2.18. The number of rotatable bonds is 54. The fourth-order valence-electron chi connectivity index (χ4n) is 8.78. The van der Waals surface area contributed by atoms with Gasteiger partial charge in [-0.25, -0.2) is 0 Å². The maximum absolute atomic E-state index is 12.4. The van der Waals surface area contributed by atoms with Crippen molar-refractivity contribution in [3.8, 4) is 0 Å². The van der Waals surface area contributed by atoms with Crippen LogP contribution in [0.25, 0.3) is 0 Å². The molecule has 2 unspecified atom stereocenters. The van der Waals surface area contributed by atoms with Gasteiger partial charge in [0.1, 0.15) is 0 Å². The molecule has 0 aliphatic rings. The predicted molar refractivity (Wildman–Crippen MR) is 292 cm³/mol. The second-order valence-corrected chi connectivity index (χ2v) is 20.0. The Kier molecular flexibility index (Phi) is 54.6. The van der Waals surface area contributed by atoms with Gasteiger partial charge in [-0.1, -0.05) is 249 Å². The number of carbonyl (C=O) groups is 2. The quantitative estimate of drug-likeness (QED) is 0.0321. The van der Waals surface area contributed by atoms with Gasteiger partial charge in [0.15, 0.2) is 0 Å². The Balaban J connectivity index is 3.43. The van der Waals surface area contributed by atoms with E-state index in [0.29, 0.717) is 19.4 Å². The monoisotopic (exact) mass is 940 g/mol. The third-order valence-corrected chi connectivity index (χ3v) is 13.3. The second kappa shape index (κ2) is 56.4. The standard InChI is InChI=1S/C61H113NO5/c1-3-5-7-9-11-13-14-15-16-29-32-35-39-43-47-51-55-61(66)67-56-52-48-44-40-36-33-30-27-25-23-21-19-17-18-20-22-24-26-28-31-34-38-42-46-50-54-60(65)62-58(57-63)59(64)53-49-45-41-37-12-10-8-6-4-2/h16,18-21,29,49,53,58-59,63-64H,3-15,17,22-28,30-48,50-52,54-57H2,1-2H3,(H,62,65)/b20-18-,21-19-,29-16-,53-49+. The van der Waals surface area contributed by atoms with E-state index in [1.807, 2.05) is 6.08 Å². The first-order chi connectivity index (χ1) is 33.0. The molecule has 67 heavy (non-hydrogen) atoms. The molecule has 0 bridgehead atoms. The minimum atomic E-state index is -0.847. The maximum Gasteiger partial charge on any atom is 0.305 e. The highest BCUT2D eigenvalue weighted by atomic mass is 16.5. The summed E-state index contributed by atoms with van der Waals surface area (Å²) in [7, 11) is 0. The molecule has 6 nitrogen and oxygen atoms in total. The first-order valence-corrected chi connectivity index (χ1v) is 29.4. The molecule has 0 rings (SSSR count). The van der Waals surface area contributed by atoms with Crippen molar-refractivity contribution >= 4 is 11.9 Å². The summed E-state index contributed by atoms with van der Waals surface area (Å²) in [6.07, 6.45) is 71.5. The summed E-state index contributed by atoms with van der Waals surface area (Å²) < 4.78 is 5.48. The van der Waals surface area contributed by atoms with E-state index in [2.05, 4.69) is 55.6 Å². The summed E-state index contributed by atoms with van der Waals surface area (Å²) in [5, 5.41) is 22.9. The molecule has 3 N–H and O–H groups in total. The first-order valence-electron chi connectivity index (χ1n) is 29.4. The molecule has 6 heteroatoms. The molecule has 0 aromatic heterocycles. The number of esters is 1. The van der Waals surface area contributed by atoms with Crippen LogP contribution in [0.3, 0.4) is 0 Å². The molecule has 0 spiro atoms. The Morgan fingerprint density at radius 1 is 0.418 bits per heavy atom.